The van der Waals surface area contributed by atoms with Gasteiger partial charge in [-0.1, -0.05) is 37.3 Å². The molecule has 0 atom stereocenters. The molecule has 1 aliphatic heterocycles. The van der Waals surface area contributed by atoms with Gasteiger partial charge in [-0.05, 0) is 30.5 Å². The summed E-state index contributed by atoms with van der Waals surface area (Å²) in [4.78, 5) is 2.40. The average Bonchev–Trinajstić information content (AvgIpc) is 2.47. The zero-order valence-electron chi connectivity index (χ0n) is 11.9. The second-order valence-corrected chi connectivity index (χ2v) is 5.13. The molecule has 0 radical (unpaired) electrons. The van der Waals surface area contributed by atoms with E-state index in [1.54, 1.807) is 0 Å². The van der Waals surface area contributed by atoms with Crippen molar-refractivity contribution in [2.75, 3.05) is 32.7 Å². The van der Waals surface area contributed by atoms with Gasteiger partial charge in [0.05, 0.1) is 6.54 Å². The van der Waals surface area contributed by atoms with Gasteiger partial charge in [0.1, 0.15) is 0 Å². The molecule has 1 fully saturated rings. The third-order valence-electron chi connectivity index (χ3n) is 3.52. The van der Waals surface area contributed by atoms with Crippen molar-refractivity contribution in [3.8, 4) is 11.8 Å². The Morgan fingerprint density at radius 1 is 1.16 bits per heavy atom. The average molecular weight is 256 g/mol. The second-order valence-electron chi connectivity index (χ2n) is 5.13. The fourth-order valence-corrected chi connectivity index (χ4v) is 2.26. The van der Waals surface area contributed by atoms with E-state index in [0.29, 0.717) is 0 Å². The van der Waals surface area contributed by atoms with Gasteiger partial charge in [0.15, 0.2) is 0 Å². The van der Waals surface area contributed by atoms with Crippen LogP contribution in [0, 0.1) is 11.8 Å². The van der Waals surface area contributed by atoms with Crippen LogP contribution in [0.25, 0.3) is 0 Å². The zero-order valence-corrected chi connectivity index (χ0v) is 11.9. The molecule has 0 bridgehead atoms. The topological polar surface area (TPSA) is 15.3 Å². The summed E-state index contributed by atoms with van der Waals surface area (Å²) in [7, 11) is 0. The standard InChI is InChI=1S/C17H24N2/c1-2-3-5-16-7-9-17(10-8-16)6-4-13-19-14-11-18-12-15-19/h7-10,18H,2-3,5,11-15H2,1H3. The number of hydrogen-bond donors (Lipinski definition) is 1. The quantitative estimate of drug-likeness (QED) is 0.832. The van der Waals surface area contributed by atoms with Crippen molar-refractivity contribution in [1.82, 2.24) is 10.2 Å². The molecule has 19 heavy (non-hydrogen) atoms. The molecule has 0 spiro atoms. The Bertz CT molecular complexity index is 419. The minimum absolute atomic E-state index is 0.888. The highest BCUT2D eigenvalue weighted by Crippen LogP contribution is 2.07. The van der Waals surface area contributed by atoms with E-state index in [0.717, 1.165) is 38.3 Å². The summed E-state index contributed by atoms with van der Waals surface area (Å²) in [6.07, 6.45) is 3.71. The van der Waals surface area contributed by atoms with Crippen molar-refractivity contribution < 1.29 is 0 Å². The molecule has 0 unspecified atom stereocenters. The Labute approximate surface area is 117 Å². The van der Waals surface area contributed by atoms with E-state index in [1.165, 1.54) is 24.8 Å². The summed E-state index contributed by atoms with van der Waals surface area (Å²) in [6, 6.07) is 8.72. The van der Waals surface area contributed by atoms with Gasteiger partial charge in [0.2, 0.25) is 0 Å². The first kappa shape index (κ1) is 14.1. The lowest BCUT2D eigenvalue weighted by molar-refractivity contribution is 0.268. The van der Waals surface area contributed by atoms with Crippen molar-refractivity contribution in [2.45, 2.75) is 26.2 Å². The van der Waals surface area contributed by atoms with Crippen LogP contribution in [0.2, 0.25) is 0 Å². The Morgan fingerprint density at radius 3 is 2.58 bits per heavy atom. The van der Waals surface area contributed by atoms with Gasteiger partial charge in [-0.3, -0.25) is 4.90 Å². The highest BCUT2D eigenvalue weighted by atomic mass is 15.2. The molecule has 0 aliphatic carbocycles. The molecule has 1 heterocycles. The molecule has 0 aromatic heterocycles. The molecule has 1 N–H and O–H groups in total. The Hall–Kier alpha value is -1.30. The molecule has 2 rings (SSSR count). The zero-order chi connectivity index (χ0) is 13.3. The van der Waals surface area contributed by atoms with Crippen molar-refractivity contribution in [2.24, 2.45) is 0 Å². The van der Waals surface area contributed by atoms with E-state index in [-0.39, 0.29) is 0 Å². The van der Waals surface area contributed by atoms with Crippen LogP contribution < -0.4 is 5.32 Å². The largest absolute Gasteiger partial charge is 0.314 e. The van der Waals surface area contributed by atoms with Gasteiger partial charge in [-0.25, -0.2) is 0 Å². The number of nitrogens with one attached hydrogen (secondary N) is 1. The monoisotopic (exact) mass is 256 g/mol. The van der Waals surface area contributed by atoms with Crippen molar-refractivity contribution in [3.05, 3.63) is 35.4 Å². The highest BCUT2D eigenvalue weighted by molar-refractivity contribution is 5.36. The smallest absolute Gasteiger partial charge is 0.0606 e. The molecule has 1 saturated heterocycles. The van der Waals surface area contributed by atoms with Crippen molar-refractivity contribution in [3.63, 3.8) is 0 Å². The number of rotatable bonds is 4. The Kier molecular flexibility index (Phi) is 5.94. The lowest BCUT2D eigenvalue weighted by atomic mass is 10.1. The first-order valence-electron chi connectivity index (χ1n) is 7.39. The molecular weight excluding hydrogens is 232 g/mol. The molecule has 0 amide bonds. The summed E-state index contributed by atoms with van der Waals surface area (Å²) >= 11 is 0. The molecule has 2 nitrogen and oxygen atoms in total. The van der Waals surface area contributed by atoms with Crippen LogP contribution in [0.5, 0.6) is 0 Å². The third kappa shape index (κ3) is 5.06. The van der Waals surface area contributed by atoms with E-state index in [9.17, 15) is 0 Å². The van der Waals surface area contributed by atoms with E-state index < -0.39 is 0 Å². The molecule has 1 aromatic carbocycles. The minimum atomic E-state index is 0.888. The maximum atomic E-state index is 3.36. The van der Waals surface area contributed by atoms with Crippen LogP contribution in [0.1, 0.15) is 30.9 Å². The van der Waals surface area contributed by atoms with Gasteiger partial charge in [-0.15, -0.1) is 0 Å². The number of piperazine rings is 1. The normalized spacial score (nSPS) is 15.8. The fraction of sp³-hybridized carbons (Fsp3) is 0.529. The highest BCUT2D eigenvalue weighted by Gasteiger charge is 2.06. The van der Waals surface area contributed by atoms with Crippen LogP contribution in [-0.2, 0) is 6.42 Å². The fourth-order valence-electron chi connectivity index (χ4n) is 2.26. The molecule has 1 aliphatic rings. The lowest BCUT2D eigenvalue weighted by Gasteiger charge is -2.24. The number of aryl methyl sites for hydroxylation is 1. The molecule has 0 saturated carbocycles. The van der Waals surface area contributed by atoms with Gasteiger partial charge < -0.3 is 5.32 Å². The molecule has 2 heteroatoms. The lowest BCUT2D eigenvalue weighted by Crippen LogP contribution is -2.43. The van der Waals surface area contributed by atoms with Crippen molar-refractivity contribution in [1.29, 1.82) is 0 Å². The van der Waals surface area contributed by atoms with Crippen LogP contribution >= 0.6 is 0 Å². The third-order valence-corrected chi connectivity index (χ3v) is 3.52. The van der Waals surface area contributed by atoms with E-state index >= 15 is 0 Å². The first-order chi connectivity index (χ1) is 9.38. The number of unbranched alkanes of at least 4 members (excludes halogenated alkanes) is 1. The molecule has 102 valence electrons. The van der Waals surface area contributed by atoms with Crippen LogP contribution in [-0.4, -0.2) is 37.6 Å². The van der Waals surface area contributed by atoms with Crippen LogP contribution in [0.3, 0.4) is 0 Å². The maximum absolute atomic E-state index is 3.36. The van der Waals surface area contributed by atoms with Gasteiger partial charge in [-0.2, -0.15) is 0 Å². The molecular formula is C17H24N2. The summed E-state index contributed by atoms with van der Waals surface area (Å²) in [5.41, 5.74) is 2.56. The van der Waals surface area contributed by atoms with Gasteiger partial charge in [0.25, 0.3) is 0 Å². The first-order valence-corrected chi connectivity index (χ1v) is 7.39. The summed E-state index contributed by atoms with van der Waals surface area (Å²) in [6.45, 7) is 7.53. The second kappa shape index (κ2) is 7.99. The molecule has 1 aromatic rings. The number of nitrogens with zero attached hydrogens (tertiary/aromatic N) is 1. The summed E-state index contributed by atoms with van der Waals surface area (Å²) in [5, 5.41) is 3.36. The Morgan fingerprint density at radius 2 is 1.89 bits per heavy atom. The van der Waals surface area contributed by atoms with E-state index in [4.69, 9.17) is 0 Å². The summed E-state index contributed by atoms with van der Waals surface area (Å²) in [5.74, 6) is 6.55. The van der Waals surface area contributed by atoms with Crippen LogP contribution in [0.15, 0.2) is 24.3 Å². The summed E-state index contributed by atoms with van der Waals surface area (Å²) < 4.78 is 0. The van der Waals surface area contributed by atoms with Crippen molar-refractivity contribution >= 4 is 0 Å². The Balaban J connectivity index is 1.81. The van der Waals surface area contributed by atoms with E-state index in [2.05, 4.69) is 53.2 Å². The SMILES string of the molecule is CCCCc1ccc(C#CCN2CCNCC2)cc1. The predicted molar refractivity (Wildman–Crippen MR) is 81.2 cm³/mol. The van der Waals surface area contributed by atoms with Gasteiger partial charge >= 0.3 is 0 Å². The van der Waals surface area contributed by atoms with E-state index in [1.807, 2.05) is 0 Å². The predicted octanol–water partition coefficient (Wildman–Crippen LogP) is 2.29. The van der Waals surface area contributed by atoms with Crippen LogP contribution in [0.4, 0.5) is 0 Å². The number of benzene rings is 1. The minimum Gasteiger partial charge on any atom is -0.314 e. The van der Waals surface area contributed by atoms with Gasteiger partial charge in [0, 0.05) is 31.7 Å². The maximum Gasteiger partial charge on any atom is 0.0606 e. The number of hydrogen-bond acceptors (Lipinski definition) is 2.